The van der Waals surface area contributed by atoms with Crippen LogP contribution in [-0.4, -0.2) is 26.4 Å². The molecule has 0 heterocycles. The molecule has 0 aliphatic rings. The molecule has 0 aromatic heterocycles. The fourth-order valence-corrected chi connectivity index (χ4v) is 2.11. The molecule has 1 rings (SSSR count). The van der Waals surface area contributed by atoms with E-state index in [4.69, 9.17) is 10.9 Å². The Morgan fingerprint density at radius 1 is 1.25 bits per heavy atom. The Morgan fingerprint density at radius 2 is 1.85 bits per heavy atom. The van der Waals surface area contributed by atoms with Crippen molar-refractivity contribution in [3.63, 3.8) is 0 Å². The predicted molar refractivity (Wildman–Crippen MR) is 78.6 cm³/mol. The second kappa shape index (κ2) is 6.10. The van der Waals surface area contributed by atoms with Crippen molar-refractivity contribution in [2.24, 2.45) is 5.14 Å². The molecule has 112 valence electrons. The molecule has 6 N–H and O–H groups in total. The maximum atomic E-state index is 11.8. The van der Waals surface area contributed by atoms with Crippen molar-refractivity contribution in [2.45, 2.75) is 37.8 Å². The van der Waals surface area contributed by atoms with Crippen LogP contribution >= 0.6 is 0 Å². The molecule has 0 saturated heterocycles. The largest absolute Gasteiger partial charge is 0.397 e. The second-order valence-corrected chi connectivity index (χ2v) is 6.38. The van der Waals surface area contributed by atoms with Gasteiger partial charge in [0.05, 0.1) is 16.3 Å². The quantitative estimate of drug-likeness (QED) is 0.579. The van der Waals surface area contributed by atoms with E-state index >= 15 is 0 Å². The molecular formula is C12H20N4O3S. The number of carbonyl (C=O) groups is 1. The SMILES string of the molecule is CC(C)NC(=O)C(C)Nc1ccc(S(N)(=O)=O)cc1N. The van der Waals surface area contributed by atoms with Gasteiger partial charge in [0.1, 0.15) is 6.04 Å². The Balaban J connectivity index is 2.87. The van der Waals surface area contributed by atoms with Crippen molar-refractivity contribution in [2.75, 3.05) is 11.1 Å². The summed E-state index contributed by atoms with van der Waals surface area (Å²) < 4.78 is 22.4. The van der Waals surface area contributed by atoms with E-state index in [0.717, 1.165) is 0 Å². The Labute approximate surface area is 118 Å². The lowest BCUT2D eigenvalue weighted by Gasteiger charge is -2.18. The molecule has 0 bridgehead atoms. The summed E-state index contributed by atoms with van der Waals surface area (Å²) >= 11 is 0. The van der Waals surface area contributed by atoms with Gasteiger partial charge in [0.15, 0.2) is 0 Å². The molecule has 0 saturated carbocycles. The highest BCUT2D eigenvalue weighted by atomic mass is 32.2. The molecule has 8 heteroatoms. The zero-order chi connectivity index (χ0) is 15.5. The smallest absolute Gasteiger partial charge is 0.242 e. The molecule has 0 aliphatic heterocycles. The van der Waals surface area contributed by atoms with Crippen LogP contribution in [-0.2, 0) is 14.8 Å². The van der Waals surface area contributed by atoms with Crippen LogP contribution in [0.3, 0.4) is 0 Å². The van der Waals surface area contributed by atoms with E-state index in [1.807, 2.05) is 13.8 Å². The van der Waals surface area contributed by atoms with Crippen molar-refractivity contribution in [1.82, 2.24) is 5.32 Å². The highest BCUT2D eigenvalue weighted by Crippen LogP contribution is 2.22. The maximum absolute atomic E-state index is 11.8. The van der Waals surface area contributed by atoms with E-state index in [9.17, 15) is 13.2 Å². The number of nitrogen functional groups attached to an aromatic ring is 1. The van der Waals surface area contributed by atoms with Gasteiger partial charge in [-0.1, -0.05) is 0 Å². The topological polar surface area (TPSA) is 127 Å². The van der Waals surface area contributed by atoms with E-state index in [2.05, 4.69) is 10.6 Å². The van der Waals surface area contributed by atoms with Crippen molar-refractivity contribution in [3.8, 4) is 0 Å². The number of carbonyl (C=O) groups excluding carboxylic acids is 1. The molecule has 0 spiro atoms. The number of hydrogen-bond donors (Lipinski definition) is 4. The number of hydrogen-bond acceptors (Lipinski definition) is 5. The molecule has 0 aliphatic carbocycles. The van der Waals surface area contributed by atoms with Crippen LogP contribution in [0.2, 0.25) is 0 Å². The average molecular weight is 300 g/mol. The first kappa shape index (κ1) is 16.3. The predicted octanol–water partition coefficient (Wildman–Crippen LogP) is 0.241. The van der Waals surface area contributed by atoms with E-state index in [0.29, 0.717) is 5.69 Å². The number of rotatable bonds is 5. The fourth-order valence-electron chi connectivity index (χ4n) is 1.56. The normalized spacial score (nSPS) is 13.1. The van der Waals surface area contributed by atoms with Crippen LogP contribution in [0.5, 0.6) is 0 Å². The molecule has 1 aromatic carbocycles. The first-order valence-corrected chi connectivity index (χ1v) is 7.65. The molecule has 1 aromatic rings. The lowest BCUT2D eigenvalue weighted by atomic mass is 10.2. The second-order valence-electron chi connectivity index (χ2n) is 4.82. The van der Waals surface area contributed by atoms with Crippen LogP contribution in [0.1, 0.15) is 20.8 Å². The molecule has 7 nitrogen and oxygen atoms in total. The third kappa shape index (κ3) is 4.39. The van der Waals surface area contributed by atoms with Crippen LogP contribution < -0.4 is 21.5 Å². The highest BCUT2D eigenvalue weighted by Gasteiger charge is 2.16. The van der Waals surface area contributed by atoms with E-state index in [1.165, 1.54) is 18.2 Å². The zero-order valence-electron chi connectivity index (χ0n) is 11.7. The van der Waals surface area contributed by atoms with Gasteiger partial charge < -0.3 is 16.4 Å². The van der Waals surface area contributed by atoms with Gasteiger partial charge in [0, 0.05) is 6.04 Å². The first-order valence-electron chi connectivity index (χ1n) is 6.10. The molecular weight excluding hydrogens is 280 g/mol. The number of amides is 1. The number of nitrogens with two attached hydrogens (primary N) is 2. The van der Waals surface area contributed by atoms with Crippen LogP contribution in [0.25, 0.3) is 0 Å². The minimum Gasteiger partial charge on any atom is -0.397 e. The van der Waals surface area contributed by atoms with Crippen molar-refractivity contribution in [1.29, 1.82) is 0 Å². The first-order chi connectivity index (χ1) is 9.11. The van der Waals surface area contributed by atoms with Crippen LogP contribution in [0, 0.1) is 0 Å². The van der Waals surface area contributed by atoms with Gasteiger partial charge in [-0.15, -0.1) is 0 Å². The fraction of sp³-hybridized carbons (Fsp3) is 0.417. The Kier molecular flexibility index (Phi) is 4.96. The van der Waals surface area contributed by atoms with Gasteiger partial charge >= 0.3 is 0 Å². The molecule has 20 heavy (non-hydrogen) atoms. The number of sulfonamides is 1. The summed E-state index contributed by atoms with van der Waals surface area (Å²) in [6.07, 6.45) is 0. The third-order valence-electron chi connectivity index (χ3n) is 2.55. The summed E-state index contributed by atoms with van der Waals surface area (Å²) in [5.74, 6) is -0.171. The van der Waals surface area contributed by atoms with Gasteiger partial charge in [0.25, 0.3) is 0 Å². The summed E-state index contributed by atoms with van der Waals surface area (Å²) in [5, 5.41) is 10.7. The number of primary sulfonamides is 1. The minimum absolute atomic E-state index is 0.0360. The average Bonchev–Trinajstić information content (AvgIpc) is 2.29. The standard InChI is InChI=1S/C12H20N4O3S/c1-7(2)15-12(17)8(3)16-11-5-4-9(6-10(11)13)20(14,18)19/h4-8,16H,13H2,1-3H3,(H,15,17)(H2,14,18,19). The van der Waals surface area contributed by atoms with Crippen molar-refractivity contribution < 1.29 is 13.2 Å². The number of nitrogens with one attached hydrogen (secondary N) is 2. The number of anilines is 2. The molecule has 0 radical (unpaired) electrons. The third-order valence-corrected chi connectivity index (χ3v) is 3.46. The summed E-state index contributed by atoms with van der Waals surface area (Å²) in [4.78, 5) is 11.7. The molecule has 1 amide bonds. The summed E-state index contributed by atoms with van der Waals surface area (Å²) in [7, 11) is -3.79. The monoisotopic (exact) mass is 300 g/mol. The minimum atomic E-state index is -3.79. The van der Waals surface area contributed by atoms with Gasteiger partial charge in [0.2, 0.25) is 15.9 Å². The van der Waals surface area contributed by atoms with Gasteiger partial charge in [-0.3, -0.25) is 4.79 Å². The Morgan fingerprint density at radius 3 is 2.30 bits per heavy atom. The van der Waals surface area contributed by atoms with Crippen LogP contribution in [0.4, 0.5) is 11.4 Å². The highest BCUT2D eigenvalue weighted by molar-refractivity contribution is 7.89. The van der Waals surface area contributed by atoms with Crippen LogP contribution in [0.15, 0.2) is 23.1 Å². The molecule has 0 fully saturated rings. The van der Waals surface area contributed by atoms with E-state index < -0.39 is 16.1 Å². The maximum Gasteiger partial charge on any atom is 0.242 e. The van der Waals surface area contributed by atoms with Gasteiger partial charge in [-0.2, -0.15) is 0 Å². The molecule has 1 atom stereocenters. The van der Waals surface area contributed by atoms with Gasteiger partial charge in [-0.25, -0.2) is 13.6 Å². The zero-order valence-corrected chi connectivity index (χ0v) is 12.5. The van der Waals surface area contributed by atoms with E-state index in [1.54, 1.807) is 6.92 Å². The van der Waals surface area contributed by atoms with Crippen molar-refractivity contribution >= 4 is 27.3 Å². The summed E-state index contributed by atoms with van der Waals surface area (Å²) in [5.41, 5.74) is 6.44. The number of benzene rings is 1. The van der Waals surface area contributed by atoms with Crippen molar-refractivity contribution in [3.05, 3.63) is 18.2 Å². The molecule has 1 unspecified atom stereocenters. The van der Waals surface area contributed by atoms with Gasteiger partial charge in [-0.05, 0) is 39.0 Å². The van der Waals surface area contributed by atoms with E-state index in [-0.39, 0.29) is 22.5 Å². The lowest BCUT2D eigenvalue weighted by Crippen LogP contribution is -2.41. The Hall–Kier alpha value is -1.80. The summed E-state index contributed by atoms with van der Waals surface area (Å²) in [6, 6.07) is 3.61. The lowest BCUT2D eigenvalue weighted by molar-refractivity contribution is -0.122. The Bertz CT molecular complexity index is 599. The summed E-state index contributed by atoms with van der Waals surface area (Å²) in [6.45, 7) is 5.41.